The number of piperidine rings is 1. The third-order valence-electron chi connectivity index (χ3n) is 5.15. The Morgan fingerprint density at radius 2 is 1.90 bits per heavy atom. The van der Waals surface area contributed by atoms with Gasteiger partial charge in [0.15, 0.2) is 5.82 Å². The van der Waals surface area contributed by atoms with Crippen molar-refractivity contribution in [1.82, 2.24) is 15.5 Å². The lowest BCUT2D eigenvalue weighted by molar-refractivity contribution is -0.125. The number of nitrogens with zero attached hydrogens (tertiary/aromatic N) is 3. The summed E-state index contributed by atoms with van der Waals surface area (Å²) in [7, 11) is 0. The van der Waals surface area contributed by atoms with Crippen LogP contribution < -0.4 is 15.5 Å². The minimum atomic E-state index is -0.346. The van der Waals surface area contributed by atoms with Crippen LogP contribution in [-0.4, -0.2) is 46.9 Å². The number of aromatic nitrogens is 2. The number of hydrogen-bond donors (Lipinski definition) is 2. The van der Waals surface area contributed by atoms with E-state index >= 15 is 0 Å². The SMILES string of the molecule is O=C(CSc1ccc(N2CCC[C@H](C(=O)NC3CC3)C2)nn1)Nc1ccc(F)cc1. The highest BCUT2D eigenvalue weighted by Gasteiger charge is 2.30. The van der Waals surface area contributed by atoms with E-state index in [-0.39, 0.29) is 29.3 Å². The number of rotatable bonds is 7. The number of carbonyl (C=O) groups excluding carboxylic acids is 2. The Balaban J connectivity index is 1.26. The van der Waals surface area contributed by atoms with Gasteiger partial charge < -0.3 is 15.5 Å². The van der Waals surface area contributed by atoms with Gasteiger partial charge in [-0.15, -0.1) is 10.2 Å². The van der Waals surface area contributed by atoms with E-state index in [4.69, 9.17) is 0 Å². The summed E-state index contributed by atoms with van der Waals surface area (Å²) in [6.07, 6.45) is 4.04. The highest BCUT2D eigenvalue weighted by atomic mass is 32.2. The molecule has 7 nitrogen and oxygen atoms in total. The number of carbonyl (C=O) groups is 2. The average Bonchev–Trinajstić information content (AvgIpc) is 3.58. The molecule has 0 bridgehead atoms. The molecule has 2 heterocycles. The quantitative estimate of drug-likeness (QED) is 0.658. The van der Waals surface area contributed by atoms with Crippen LogP contribution in [-0.2, 0) is 9.59 Å². The smallest absolute Gasteiger partial charge is 0.234 e. The third-order valence-corrected chi connectivity index (χ3v) is 6.07. The van der Waals surface area contributed by atoms with Gasteiger partial charge in [0.05, 0.1) is 11.7 Å². The number of anilines is 2. The Hall–Kier alpha value is -2.68. The molecule has 4 rings (SSSR count). The van der Waals surface area contributed by atoms with Gasteiger partial charge in [0, 0.05) is 24.8 Å². The fourth-order valence-corrected chi connectivity index (χ4v) is 3.99. The number of nitrogens with one attached hydrogen (secondary N) is 2. The Morgan fingerprint density at radius 3 is 2.60 bits per heavy atom. The number of hydrogen-bond acceptors (Lipinski definition) is 6. The zero-order valence-electron chi connectivity index (χ0n) is 16.5. The first-order valence-electron chi connectivity index (χ1n) is 10.1. The van der Waals surface area contributed by atoms with Crippen molar-refractivity contribution in [3.05, 3.63) is 42.2 Å². The predicted octanol–water partition coefficient (Wildman–Crippen LogP) is 2.84. The molecule has 1 saturated heterocycles. The molecule has 158 valence electrons. The number of halogens is 1. The standard InChI is InChI=1S/C21H24FN5O2S/c22-15-3-5-16(6-4-15)23-19(28)13-30-20-10-9-18(25-26-20)27-11-1-2-14(12-27)21(29)24-17-7-8-17/h3-6,9-10,14,17H,1-2,7-8,11-13H2,(H,23,28)(H,24,29)/t14-/m0/s1. The predicted molar refractivity (Wildman–Crippen MR) is 114 cm³/mol. The molecule has 2 aliphatic rings. The van der Waals surface area contributed by atoms with Crippen LogP contribution in [0.15, 0.2) is 41.4 Å². The van der Waals surface area contributed by atoms with Crippen LogP contribution in [0.2, 0.25) is 0 Å². The van der Waals surface area contributed by atoms with Gasteiger partial charge in [-0.25, -0.2) is 4.39 Å². The molecule has 1 aromatic heterocycles. The van der Waals surface area contributed by atoms with Crippen LogP contribution in [0.4, 0.5) is 15.9 Å². The summed E-state index contributed by atoms with van der Waals surface area (Å²) in [6, 6.07) is 9.73. The van der Waals surface area contributed by atoms with E-state index in [1.807, 2.05) is 12.1 Å². The van der Waals surface area contributed by atoms with Gasteiger partial charge in [-0.05, 0) is 62.1 Å². The van der Waals surface area contributed by atoms with Crippen molar-refractivity contribution in [2.75, 3.05) is 29.1 Å². The van der Waals surface area contributed by atoms with Crippen LogP contribution in [0.3, 0.4) is 0 Å². The van der Waals surface area contributed by atoms with E-state index in [2.05, 4.69) is 25.7 Å². The second-order valence-corrected chi connectivity index (χ2v) is 8.64. The zero-order valence-corrected chi connectivity index (χ0v) is 17.3. The van der Waals surface area contributed by atoms with Crippen molar-refractivity contribution in [2.45, 2.75) is 36.8 Å². The molecule has 0 unspecified atom stereocenters. The van der Waals surface area contributed by atoms with Gasteiger partial charge in [-0.2, -0.15) is 0 Å². The van der Waals surface area contributed by atoms with Crippen LogP contribution in [0.5, 0.6) is 0 Å². The number of thioether (sulfide) groups is 1. The fraction of sp³-hybridized carbons (Fsp3) is 0.429. The molecule has 0 radical (unpaired) electrons. The molecular weight excluding hydrogens is 405 g/mol. The largest absolute Gasteiger partial charge is 0.354 e. The summed E-state index contributed by atoms with van der Waals surface area (Å²) in [5, 5.41) is 15.0. The van der Waals surface area contributed by atoms with Gasteiger partial charge in [-0.3, -0.25) is 9.59 Å². The topological polar surface area (TPSA) is 87.2 Å². The Kier molecular flexibility index (Phi) is 6.47. The molecule has 1 aliphatic carbocycles. The van der Waals surface area contributed by atoms with E-state index in [9.17, 15) is 14.0 Å². The lowest BCUT2D eigenvalue weighted by Crippen LogP contribution is -2.44. The fourth-order valence-electron chi connectivity index (χ4n) is 3.37. The summed E-state index contributed by atoms with van der Waals surface area (Å²) in [5.41, 5.74) is 0.550. The second kappa shape index (κ2) is 9.42. The van der Waals surface area contributed by atoms with Crippen molar-refractivity contribution >= 4 is 35.1 Å². The molecule has 1 atom stereocenters. The van der Waals surface area contributed by atoms with Crippen LogP contribution in [0.25, 0.3) is 0 Å². The molecule has 0 spiro atoms. The summed E-state index contributed by atoms with van der Waals surface area (Å²) >= 11 is 1.28. The van der Waals surface area contributed by atoms with Gasteiger partial charge in [0.2, 0.25) is 11.8 Å². The summed E-state index contributed by atoms with van der Waals surface area (Å²) in [6.45, 7) is 1.51. The second-order valence-electron chi connectivity index (χ2n) is 7.64. The van der Waals surface area contributed by atoms with Crippen molar-refractivity contribution in [3.63, 3.8) is 0 Å². The lowest BCUT2D eigenvalue weighted by atomic mass is 9.97. The van der Waals surface area contributed by atoms with Gasteiger partial charge in [-0.1, -0.05) is 11.8 Å². The third kappa shape index (κ3) is 5.69. The minimum Gasteiger partial charge on any atom is -0.354 e. The summed E-state index contributed by atoms with van der Waals surface area (Å²) < 4.78 is 12.9. The minimum absolute atomic E-state index is 0.00893. The lowest BCUT2D eigenvalue weighted by Gasteiger charge is -2.32. The van der Waals surface area contributed by atoms with Crippen molar-refractivity contribution < 1.29 is 14.0 Å². The van der Waals surface area contributed by atoms with Gasteiger partial charge in [0.25, 0.3) is 0 Å². The Labute approximate surface area is 178 Å². The first-order chi connectivity index (χ1) is 14.6. The molecule has 1 aliphatic heterocycles. The highest BCUT2D eigenvalue weighted by Crippen LogP contribution is 2.25. The summed E-state index contributed by atoms with van der Waals surface area (Å²) in [4.78, 5) is 26.5. The molecular formula is C21H24FN5O2S. The molecule has 2 amide bonds. The van der Waals surface area contributed by atoms with E-state index in [1.54, 1.807) is 0 Å². The average molecular weight is 430 g/mol. The van der Waals surface area contributed by atoms with E-state index in [0.717, 1.165) is 38.0 Å². The van der Waals surface area contributed by atoms with Crippen molar-refractivity contribution in [3.8, 4) is 0 Å². The maximum absolute atomic E-state index is 12.9. The van der Waals surface area contributed by atoms with Gasteiger partial charge >= 0.3 is 0 Å². The number of amides is 2. The van der Waals surface area contributed by atoms with E-state index < -0.39 is 0 Å². The van der Waals surface area contributed by atoms with Gasteiger partial charge in [0.1, 0.15) is 10.8 Å². The monoisotopic (exact) mass is 429 g/mol. The first kappa shape index (κ1) is 20.6. The van der Waals surface area contributed by atoms with Crippen LogP contribution in [0, 0.1) is 11.7 Å². The maximum Gasteiger partial charge on any atom is 0.234 e. The first-order valence-corrected chi connectivity index (χ1v) is 11.1. The zero-order chi connectivity index (χ0) is 20.9. The molecule has 2 fully saturated rings. The Bertz CT molecular complexity index is 889. The van der Waals surface area contributed by atoms with Crippen molar-refractivity contribution in [2.24, 2.45) is 5.92 Å². The highest BCUT2D eigenvalue weighted by molar-refractivity contribution is 7.99. The maximum atomic E-state index is 12.9. The molecule has 2 aromatic rings. The van der Waals surface area contributed by atoms with Crippen molar-refractivity contribution in [1.29, 1.82) is 0 Å². The van der Waals surface area contributed by atoms with Crippen LogP contribution in [0.1, 0.15) is 25.7 Å². The molecule has 2 N–H and O–H groups in total. The normalized spacial score (nSPS) is 18.7. The van der Waals surface area contributed by atoms with Crippen LogP contribution >= 0.6 is 11.8 Å². The summed E-state index contributed by atoms with van der Waals surface area (Å²) in [5.74, 6) is 0.525. The van der Waals surface area contributed by atoms with E-state index in [0.29, 0.717) is 23.3 Å². The Morgan fingerprint density at radius 1 is 1.10 bits per heavy atom. The van der Waals surface area contributed by atoms with E-state index in [1.165, 1.54) is 36.0 Å². The molecule has 1 saturated carbocycles. The molecule has 1 aromatic carbocycles. The molecule has 9 heteroatoms. The number of benzene rings is 1. The molecule has 30 heavy (non-hydrogen) atoms.